The van der Waals surface area contributed by atoms with Crippen LogP contribution in [0.2, 0.25) is 0 Å². The van der Waals surface area contributed by atoms with Crippen LogP contribution >= 0.6 is 0 Å². The Balaban J connectivity index is 0.000000425. The van der Waals surface area contributed by atoms with Crippen LogP contribution < -0.4 is 0 Å². The second kappa shape index (κ2) is 6.90. The lowest BCUT2D eigenvalue weighted by molar-refractivity contribution is -0.387. The van der Waals surface area contributed by atoms with Crippen LogP contribution in [0.1, 0.15) is 10.4 Å². The van der Waals surface area contributed by atoms with Crippen molar-refractivity contribution in [1.82, 2.24) is 0 Å². The zero-order valence-corrected chi connectivity index (χ0v) is 10.3. The monoisotopic (exact) mass is 340 g/mol. The van der Waals surface area contributed by atoms with Crippen molar-refractivity contribution in [3.05, 3.63) is 35.9 Å². The average Bonchev–Trinajstić information content (AvgIpc) is 2.24. The number of carboxylic acids is 1. The standard InChI is InChI=1S/C7H6O2.C4H2F8O/c8-7(9)6-4-2-1-3-5-6;5-2(6,7)1(3(8,9)10)4(11,12)13/h1-5H,(H,8,9);1,13H. The Morgan fingerprint density at radius 2 is 1.23 bits per heavy atom. The first kappa shape index (κ1) is 20.1. The van der Waals surface area contributed by atoms with Gasteiger partial charge in [0.2, 0.25) is 5.92 Å². The van der Waals surface area contributed by atoms with Crippen LogP contribution in [0, 0.1) is 5.92 Å². The van der Waals surface area contributed by atoms with E-state index in [-0.39, 0.29) is 0 Å². The lowest BCUT2D eigenvalue weighted by atomic mass is 10.1. The molecule has 0 aliphatic rings. The minimum Gasteiger partial charge on any atom is -0.478 e. The van der Waals surface area contributed by atoms with E-state index in [4.69, 9.17) is 10.2 Å². The molecule has 0 radical (unpaired) electrons. The second-order valence-electron chi connectivity index (χ2n) is 3.78. The van der Waals surface area contributed by atoms with E-state index >= 15 is 0 Å². The zero-order chi connectivity index (χ0) is 17.8. The normalized spacial score (nSPS) is 12.6. The minimum atomic E-state index is -6.24. The summed E-state index contributed by atoms with van der Waals surface area (Å²) in [6.07, 6.45) is -18.3. The van der Waals surface area contributed by atoms with E-state index in [2.05, 4.69) is 0 Å². The number of rotatable bonds is 2. The Morgan fingerprint density at radius 3 is 1.36 bits per heavy atom. The molecule has 11 heteroatoms. The van der Waals surface area contributed by atoms with E-state index in [1.54, 1.807) is 30.3 Å². The number of alkyl halides is 8. The summed E-state index contributed by atoms with van der Waals surface area (Å²) < 4.78 is 91.1. The maximum atomic E-state index is 11.5. The van der Waals surface area contributed by atoms with Crippen molar-refractivity contribution >= 4 is 5.97 Å². The fourth-order valence-electron chi connectivity index (χ4n) is 1.16. The van der Waals surface area contributed by atoms with Gasteiger partial charge < -0.3 is 10.2 Å². The number of halogens is 8. The molecule has 0 bridgehead atoms. The summed E-state index contributed by atoms with van der Waals surface area (Å²) in [4.78, 5) is 10.2. The molecule has 0 amide bonds. The van der Waals surface area contributed by atoms with E-state index < -0.39 is 30.3 Å². The lowest BCUT2D eigenvalue weighted by Crippen LogP contribution is -2.48. The maximum Gasteiger partial charge on any atom is 0.409 e. The van der Waals surface area contributed by atoms with Gasteiger partial charge in [0.15, 0.2) is 0 Å². The summed E-state index contributed by atoms with van der Waals surface area (Å²) in [5.41, 5.74) is 0.331. The van der Waals surface area contributed by atoms with E-state index in [0.717, 1.165) is 0 Å². The SMILES string of the molecule is O=C(O)c1ccccc1.OC(F)(F)C(C(F)(F)F)C(F)(F)F. The van der Waals surface area contributed by atoms with Crippen LogP contribution in [0.15, 0.2) is 30.3 Å². The second-order valence-corrected chi connectivity index (χ2v) is 3.78. The third kappa shape index (κ3) is 6.70. The highest BCUT2D eigenvalue weighted by Crippen LogP contribution is 2.46. The van der Waals surface area contributed by atoms with Gasteiger partial charge in [-0.25, -0.2) is 4.79 Å². The molecule has 1 aromatic carbocycles. The van der Waals surface area contributed by atoms with E-state index in [1.807, 2.05) is 0 Å². The molecule has 1 rings (SSSR count). The van der Waals surface area contributed by atoms with Crippen molar-refractivity contribution in [1.29, 1.82) is 0 Å². The van der Waals surface area contributed by atoms with Crippen molar-refractivity contribution in [2.75, 3.05) is 0 Å². The van der Waals surface area contributed by atoms with Gasteiger partial charge in [-0.05, 0) is 12.1 Å². The number of hydrogen-bond donors (Lipinski definition) is 2. The summed E-state index contributed by atoms with van der Waals surface area (Å²) in [5, 5.41) is 15.8. The first-order valence-electron chi connectivity index (χ1n) is 5.19. The number of aliphatic hydroxyl groups is 1. The van der Waals surface area contributed by atoms with Crippen LogP contribution in [-0.2, 0) is 0 Å². The van der Waals surface area contributed by atoms with Crippen molar-refractivity contribution < 1.29 is 50.1 Å². The molecule has 0 fully saturated rings. The van der Waals surface area contributed by atoms with Gasteiger partial charge in [-0.15, -0.1) is 0 Å². The van der Waals surface area contributed by atoms with E-state index in [9.17, 15) is 39.9 Å². The van der Waals surface area contributed by atoms with Crippen molar-refractivity contribution in [3.8, 4) is 0 Å². The van der Waals surface area contributed by atoms with Crippen LogP contribution in [0.4, 0.5) is 35.1 Å². The fraction of sp³-hybridized carbons (Fsp3) is 0.364. The van der Waals surface area contributed by atoms with Gasteiger partial charge in [-0.1, -0.05) is 18.2 Å². The highest BCUT2D eigenvalue weighted by atomic mass is 19.4. The first-order valence-corrected chi connectivity index (χ1v) is 5.19. The van der Waals surface area contributed by atoms with Crippen LogP contribution in [-0.4, -0.2) is 34.6 Å². The van der Waals surface area contributed by atoms with Gasteiger partial charge in [0.05, 0.1) is 5.56 Å². The first-order chi connectivity index (χ1) is 9.67. The Labute approximate surface area is 117 Å². The van der Waals surface area contributed by atoms with Gasteiger partial charge in [0.25, 0.3) is 0 Å². The number of carboxylic acid groups (broad SMARTS) is 1. The third-order valence-electron chi connectivity index (χ3n) is 2.02. The maximum absolute atomic E-state index is 11.5. The van der Waals surface area contributed by atoms with E-state index in [1.165, 1.54) is 0 Å². The molecule has 2 N–H and O–H groups in total. The van der Waals surface area contributed by atoms with Gasteiger partial charge in [0, 0.05) is 0 Å². The molecular formula is C11H8F8O3. The predicted octanol–water partition coefficient (Wildman–Crippen LogP) is 3.70. The van der Waals surface area contributed by atoms with Crippen molar-refractivity contribution in [3.63, 3.8) is 0 Å². The molecule has 0 aromatic heterocycles. The summed E-state index contributed by atoms with van der Waals surface area (Å²) in [6.45, 7) is 0. The molecule has 0 atom stereocenters. The molecule has 0 saturated heterocycles. The molecule has 3 nitrogen and oxygen atoms in total. The minimum absolute atomic E-state index is 0.331. The zero-order valence-electron chi connectivity index (χ0n) is 10.3. The molecule has 0 spiro atoms. The fourth-order valence-corrected chi connectivity index (χ4v) is 1.16. The smallest absolute Gasteiger partial charge is 0.409 e. The molecule has 0 heterocycles. The molecule has 0 aliphatic heterocycles. The van der Waals surface area contributed by atoms with Gasteiger partial charge in [-0.2, -0.15) is 35.1 Å². The third-order valence-corrected chi connectivity index (χ3v) is 2.02. The van der Waals surface area contributed by atoms with E-state index in [0.29, 0.717) is 5.56 Å². The lowest BCUT2D eigenvalue weighted by Gasteiger charge is -2.25. The number of aromatic carboxylic acids is 1. The predicted molar refractivity (Wildman–Crippen MR) is 56.2 cm³/mol. The Hall–Kier alpha value is -1.91. The topological polar surface area (TPSA) is 57.5 Å². The van der Waals surface area contributed by atoms with Gasteiger partial charge in [-0.3, -0.25) is 0 Å². The largest absolute Gasteiger partial charge is 0.478 e. The average molecular weight is 340 g/mol. The highest BCUT2D eigenvalue weighted by Gasteiger charge is 2.68. The Morgan fingerprint density at radius 1 is 0.864 bits per heavy atom. The summed E-state index contributed by atoms with van der Waals surface area (Å²) >= 11 is 0. The van der Waals surface area contributed by atoms with Gasteiger partial charge in [0.1, 0.15) is 0 Å². The molecule has 126 valence electrons. The van der Waals surface area contributed by atoms with Crippen LogP contribution in [0.3, 0.4) is 0 Å². The molecular weight excluding hydrogens is 332 g/mol. The molecule has 0 aliphatic carbocycles. The van der Waals surface area contributed by atoms with Gasteiger partial charge >= 0.3 is 24.4 Å². The number of hydrogen-bond acceptors (Lipinski definition) is 2. The van der Waals surface area contributed by atoms with Crippen LogP contribution in [0.5, 0.6) is 0 Å². The highest BCUT2D eigenvalue weighted by molar-refractivity contribution is 5.87. The Kier molecular flexibility index (Phi) is 6.30. The summed E-state index contributed by atoms with van der Waals surface area (Å²) in [6, 6.07) is 8.30. The number of carbonyl (C=O) groups is 1. The summed E-state index contributed by atoms with van der Waals surface area (Å²) in [7, 11) is 0. The molecule has 1 aromatic rings. The van der Waals surface area contributed by atoms with Crippen molar-refractivity contribution in [2.45, 2.75) is 18.5 Å². The molecule has 0 saturated carbocycles. The van der Waals surface area contributed by atoms with Crippen molar-refractivity contribution in [2.24, 2.45) is 5.92 Å². The Bertz CT molecular complexity index is 442. The summed E-state index contributed by atoms with van der Waals surface area (Å²) in [5.74, 6) is -5.93. The quantitative estimate of drug-likeness (QED) is 0.807. The number of benzene rings is 1. The van der Waals surface area contributed by atoms with Crippen LogP contribution in [0.25, 0.3) is 0 Å². The molecule has 22 heavy (non-hydrogen) atoms. The molecule has 0 unspecified atom stereocenters.